The highest BCUT2D eigenvalue weighted by molar-refractivity contribution is 9.10. The van der Waals surface area contributed by atoms with Gasteiger partial charge in [-0.05, 0) is 31.0 Å². The molecule has 1 aromatic carbocycles. The normalized spacial score (nSPS) is 14.3. The van der Waals surface area contributed by atoms with Crippen LogP contribution in [0.1, 0.15) is 30.2 Å². The van der Waals surface area contributed by atoms with Crippen LogP contribution >= 0.6 is 27.5 Å². The number of hydrogen-bond acceptors (Lipinski definition) is 2. The molecule has 1 aromatic heterocycles. The lowest BCUT2D eigenvalue weighted by molar-refractivity contribution is 0.0325. The van der Waals surface area contributed by atoms with Gasteiger partial charge in [0.25, 0.3) is 0 Å². The lowest BCUT2D eigenvalue weighted by Crippen LogP contribution is -2.28. The number of aliphatic hydroxyl groups is 1. The van der Waals surface area contributed by atoms with E-state index in [9.17, 15) is 5.11 Å². The van der Waals surface area contributed by atoms with Crippen LogP contribution in [-0.4, -0.2) is 14.9 Å². The van der Waals surface area contributed by atoms with E-state index >= 15 is 0 Å². The van der Waals surface area contributed by atoms with Crippen molar-refractivity contribution in [1.29, 1.82) is 0 Å². The first-order valence-corrected chi connectivity index (χ1v) is 7.71. The fourth-order valence-electron chi connectivity index (χ4n) is 2.38. The molecule has 0 saturated carbocycles. The average molecular weight is 358 g/mol. The zero-order chi connectivity index (χ0) is 14.9. The first kappa shape index (κ1) is 15.5. The minimum atomic E-state index is -0.943. The Hall–Kier alpha value is -0.840. The highest BCUT2D eigenvalue weighted by Gasteiger charge is 2.30. The van der Waals surface area contributed by atoms with Crippen LogP contribution in [0.25, 0.3) is 0 Å². The lowest BCUT2D eigenvalue weighted by atomic mass is 9.85. The first-order chi connectivity index (χ1) is 9.37. The molecule has 0 fully saturated rings. The summed E-state index contributed by atoms with van der Waals surface area (Å²) in [7, 11) is 1.81. The van der Waals surface area contributed by atoms with Gasteiger partial charge >= 0.3 is 0 Å². The quantitative estimate of drug-likeness (QED) is 0.898. The van der Waals surface area contributed by atoms with E-state index in [1.54, 1.807) is 4.68 Å². The average Bonchev–Trinajstić information content (AvgIpc) is 2.65. The summed E-state index contributed by atoms with van der Waals surface area (Å²) in [5, 5.41) is 15.9. The maximum absolute atomic E-state index is 11.0. The predicted octanol–water partition coefficient (Wildman–Crippen LogP) is 3.98. The summed E-state index contributed by atoms with van der Waals surface area (Å²) in [6.07, 6.45) is 1.06. The van der Waals surface area contributed by atoms with E-state index in [4.69, 9.17) is 11.6 Å². The van der Waals surface area contributed by atoms with Crippen molar-refractivity contribution in [3.8, 4) is 0 Å². The van der Waals surface area contributed by atoms with Crippen molar-refractivity contribution in [3.63, 3.8) is 0 Å². The van der Waals surface area contributed by atoms with Crippen LogP contribution in [0, 0.1) is 6.92 Å². The van der Waals surface area contributed by atoms with Crippen molar-refractivity contribution < 1.29 is 5.11 Å². The van der Waals surface area contributed by atoms with Gasteiger partial charge in [0.15, 0.2) is 0 Å². The highest BCUT2D eigenvalue weighted by atomic mass is 79.9. The molecule has 108 valence electrons. The molecule has 0 aliphatic carbocycles. The summed E-state index contributed by atoms with van der Waals surface area (Å²) in [5.41, 5.74) is 1.70. The molecular formula is C15H18BrClN2O. The number of hydrogen-bond donors (Lipinski definition) is 1. The van der Waals surface area contributed by atoms with Crippen LogP contribution < -0.4 is 0 Å². The molecule has 0 aliphatic rings. The number of rotatable bonds is 4. The third kappa shape index (κ3) is 2.92. The molecular weight excluding hydrogens is 340 g/mol. The Morgan fingerprint density at radius 3 is 2.65 bits per heavy atom. The van der Waals surface area contributed by atoms with Gasteiger partial charge in [0.1, 0.15) is 5.15 Å². The molecule has 1 unspecified atom stereocenters. The van der Waals surface area contributed by atoms with Crippen molar-refractivity contribution in [3.05, 3.63) is 50.7 Å². The molecule has 1 N–H and O–H groups in total. The molecule has 0 spiro atoms. The topological polar surface area (TPSA) is 38.1 Å². The van der Waals surface area contributed by atoms with Gasteiger partial charge in [-0.25, -0.2) is 0 Å². The molecule has 0 saturated heterocycles. The van der Waals surface area contributed by atoms with Crippen LogP contribution in [0.5, 0.6) is 0 Å². The van der Waals surface area contributed by atoms with Gasteiger partial charge in [0.05, 0.1) is 11.3 Å². The van der Waals surface area contributed by atoms with Gasteiger partial charge in [0, 0.05) is 23.5 Å². The zero-order valence-electron chi connectivity index (χ0n) is 11.8. The summed E-state index contributed by atoms with van der Waals surface area (Å²) in [6.45, 7) is 3.89. The van der Waals surface area contributed by atoms with Crippen molar-refractivity contribution in [1.82, 2.24) is 9.78 Å². The first-order valence-electron chi connectivity index (χ1n) is 6.54. The van der Waals surface area contributed by atoms with E-state index in [0.717, 1.165) is 21.3 Å². The number of halogens is 2. The molecule has 5 heteroatoms. The van der Waals surface area contributed by atoms with Crippen LogP contribution in [0.4, 0.5) is 0 Å². The van der Waals surface area contributed by atoms with E-state index in [1.165, 1.54) is 0 Å². The van der Waals surface area contributed by atoms with Gasteiger partial charge in [-0.15, -0.1) is 0 Å². The van der Waals surface area contributed by atoms with Gasteiger partial charge in [-0.2, -0.15) is 5.10 Å². The molecule has 1 heterocycles. The maximum atomic E-state index is 11.0. The summed E-state index contributed by atoms with van der Waals surface area (Å²) in [6, 6.07) is 7.76. The Kier molecular flexibility index (Phi) is 4.57. The van der Waals surface area contributed by atoms with E-state index in [1.807, 2.05) is 45.2 Å². The minimum Gasteiger partial charge on any atom is -0.385 e. The molecule has 0 bridgehead atoms. The van der Waals surface area contributed by atoms with Gasteiger partial charge in [0.2, 0.25) is 0 Å². The molecule has 2 aromatic rings. The van der Waals surface area contributed by atoms with Crippen molar-refractivity contribution in [2.45, 2.75) is 32.3 Å². The summed E-state index contributed by atoms with van der Waals surface area (Å²) in [5.74, 6) is 0. The minimum absolute atomic E-state index is 0.457. The fourth-order valence-corrected chi connectivity index (χ4v) is 3.02. The van der Waals surface area contributed by atoms with Crippen LogP contribution in [0.15, 0.2) is 28.7 Å². The van der Waals surface area contributed by atoms with E-state index in [2.05, 4.69) is 21.0 Å². The second-order valence-corrected chi connectivity index (χ2v) is 6.32. The SMILES string of the molecule is CCC(O)(Cc1c(C)nn(C)c1Cl)c1cccc(Br)c1. The van der Waals surface area contributed by atoms with Crippen LogP contribution in [-0.2, 0) is 19.1 Å². The molecule has 0 aliphatic heterocycles. The molecule has 2 rings (SSSR count). The Balaban J connectivity index is 2.41. The second-order valence-electron chi connectivity index (χ2n) is 5.05. The molecule has 0 radical (unpaired) electrons. The monoisotopic (exact) mass is 356 g/mol. The fraction of sp³-hybridized carbons (Fsp3) is 0.400. The maximum Gasteiger partial charge on any atom is 0.130 e. The Morgan fingerprint density at radius 1 is 1.45 bits per heavy atom. The zero-order valence-corrected chi connectivity index (χ0v) is 14.2. The summed E-state index contributed by atoms with van der Waals surface area (Å²) in [4.78, 5) is 0. The third-order valence-electron chi connectivity index (χ3n) is 3.69. The van der Waals surface area contributed by atoms with Crippen molar-refractivity contribution >= 4 is 27.5 Å². The predicted molar refractivity (Wildman–Crippen MR) is 85.0 cm³/mol. The standard InChI is InChI=1S/C15H18BrClN2O/c1-4-15(20,11-6-5-7-12(16)8-11)9-13-10(2)18-19(3)14(13)17/h5-8,20H,4,9H2,1-3H3. The number of nitrogens with zero attached hydrogens (tertiary/aromatic N) is 2. The summed E-state index contributed by atoms with van der Waals surface area (Å²) >= 11 is 9.72. The number of benzene rings is 1. The van der Waals surface area contributed by atoms with Crippen molar-refractivity contribution in [2.75, 3.05) is 0 Å². The Bertz CT molecular complexity index is 626. The lowest BCUT2D eigenvalue weighted by Gasteiger charge is -2.27. The number of aryl methyl sites for hydroxylation is 2. The van der Waals surface area contributed by atoms with E-state index in [0.29, 0.717) is 18.0 Å². The number of aromatic nitrogens is 2. The third-order valence-corrected chi connectivity index (χ3v) is 4.65. The molecule has 0 amide bonds. The Morgan fingerprint density at radius 2 is 2.15 bits per heavy atom. The van der Waals surface area contributed by atoms with E-state index in [-0.39, 0.29) is 0 Å². The summed E-state index contributed by atoms with van der Waals surface area (Å²) < 4.78 is 2.60. The van der Waals surface area contributed by atoms with Gasteiger partial charge < -0.3 is 5.11 Å². The van der Waals surface area contributed by atoms with Crippen molar-refractivity contribution in [2.24, 2.45) is 7.05 Å². The highest BCUT2D eigenvalue weighted by Crippen LogP contribution is 2.33. The van der Waals surface area contributed by atoms with Crippen LogP contribution in [0.2, 0.25) is 5.15 Å². The molecule has 1 atom stereocenters. The van der Waals surface area contributed by atoms with Gasteiger partial charge in [-0.3, -0.25) is 4.68 Å². The van der Waals surface area contributed by atoms with Crippen LogP contribution in [0.3, 0.4) is 0 Å². The largest absolute Gasteiger partial charge is 0.385 e. The molecule has 20 heavy (non-hydrogen) atoms. The second kappa shape index (κ2) is 5.88. The Labute approximate surface area is 132 Å². The smallest absolute Gasteiger partial charge is 0.130 e. The molecule has 3 nitrogen and oxygen atoms in total. The van der Waals surface area contributed by atoms with E-state index < -0.39 is 5.60 Å². The van der Waals surface area contributed by atoms with Gasteiger partial charge in [-0.1, -0.05) is 46.6 Å².